The van der Waals surface area contributed by atoms with Crippen molar-refractivity contribution in [1.82, 2.24) is 15.0 Å². The first-order valence-electron chi connectivity index (χ1n) is 9.07. The Labute approximate surface area is 177 Å². The van der Waals surface area contributed by atoms with Crippen molar-refractivity contribution < 1.29 is 28.1 Å². The molecule has 8 nitrogen and oxygen atoms in total. The lowest BCUT2D eigenvalue weighted by Crippen LogP contribution is -2.17. The predicted octanol–water partition coefficient (Wildman–Crippen LogP) is 3.90. The van der Waals surface area contributed by atoms with Crippen molar-refractivity contribution >= 4 is 28.6 Å². The summed E-state index contributed by atoms with van der Waals surface area (Å²) >= 11 is 5.97. The Bertz CT molecular complexity index is 1070. The van der Waals surface area contributed by atoms with E-state index >= 15 is 0 Å². The van der Waals surface area contributed by atoms with Crippen molar-refractivity contribution in [3.8, 4) is 17.1 Å². The fourth-order valence-electron chi connectivity index (χ4n) is 2.83. The maximum atomic E-state index is 14.9. The molecule has 2 aromatic heterocycles. The third kappa shape index (κ3) is 4.38. The van der Waals surface area contributed by atoms with E-state index in [-0.39, 0.29) is 41.1 Å². The molecule has 0 fully saturated rings. The second-order valence-electron chi connectivity index (χ2n) is 6.34. The average molecular weight is 438 g/mol. The van der Waals surface area contributed by atoms with Gasteiger partial charge in [0.05, 0.1) is 29.7 Å². The van der Waals surface area contributed by atoms with Gasteiger partial charge in [-0.05, 0) is 31.5 Å². The maximum Gasteiger partial charge on any atom is 0.357 e. The predicted molar refractivity (Wildman–Crippen MR) is 108 cm³/mol. The van der Waals surface area contributed by atoms with Crippen LogP contribution in [0.15, 0.2) is 18.3 Å². The first kappa shape index (κ1) is 21.9. The van der Waals surface area contributed by atoms with Crippen molar-refractivity contribution in [3.63, 3.8) is 0 Å². The summed E-state index contributed by atoms with van der Waals surface area (Å²) < 4.78 is 35.4. The van der Waals surface area contributed by atoms with E-state index in [1.165, 1.54) is 26.4 Å². The van der Waals surface area contributed by atoms with Crippen molar-refractivity contribution in [3.05, 3.63) is 40.4 Å². The monoisotopic (exact) mass is 437 g/mol. The SMILES string of the molecule is COc1c(Cl)ccc(-c2nc(C(=O)OCCOC(C)OC)c3c(C)c[nH]c3n2)c1F. The van der Waals surface area contributed by atoms with E-state index in [9.17, 15) is 9.18 Å². The van der Waals surface area contributed by atoms with Gasteiger partial charge < -0.3 is 23.9 Å². The number of hydrogen-bond acceptors (Lipinski definition) is 7. The van der Waals surface area contributed by atoms with Gasteiger partial charge in [-0.15, -0.1) is 0 Å². The van der Waals surface area contributed by atoms with Gasteiger partial charge in [-0.2, -0.15) is 0 Å². The lowest BCUT2D eigenvalue weighted by atomic mass is 10.1. The molecule has 0 aliphatic rings. The number of aromatic amines is 1. The zero-order valence-corrected chi connectivity index (χ0v) is 17.7. The standard InChI is InChI=1S/C20H21ClFN3O5/c1-10-9-23-19-14(10)16(20(26)30-8-7-29-11(2)27-3)24-18(25-19)12-5-6-13(21)17(28-4)15(12)22/h5-6,9,11H,7-8H2,1-4H3,(H,23,24,25). The van der Waals surface area contributed by atoms with Crippen LogP contribution < -0.4 is 4.74 Å². The molecule has 0 bridgehead atoms. The van der Waals surface area contributed by atoms with Crippen LogP contribution in [-0.2, 0) is 14.2 Å². The number of carbonyl (C=O) groups excluding carboxylic acids is 1. The molecule has 0 aliphatic carbocycles. The minimum atomic E-state index is -0.728. The van der Waals surface area contributed by atoms with Gasteiger partial charge in [0, 0.05) is 13.3 Å². The molecule has 3 rings (SSSR count). The Morgan fingerprint density at radius 1 is 1.27 bits per heavy atom. The van der Waals surface area contributed by atoms with Crippen molar-refractivity contribution in [2.75, 3.05) is 27.4 Å². The van der Waals surface area contributed by atoms with Gasteiger partial charge >= 0.3 is 5.97 Å². The quantitative estimate of drug-likeness (QED) is 0.324. The number of fused-ring (bicyclic) bond motifs is 1. The zero-order chi connectivity index (χ0) is 21.8. The van der Waals surface area contributed by atoms with Crippen molar-refractivity contribution in [2.24, 2.45) is 0 Å². The number of H-pyrrole nitrogens is 1. The highest BCUT2D eigenvalue weighted by Gasteiger charge is 2.23. The minimum Gasteiger partial charge on any atom is -0.492 e. The van der Waals surface area contributed by atoms with Crippen LogP contribution in [-0.4, -0.2) is 54.6 Å². The van der Waals surface area contributed by atoms with Gasteiger partial charge in [0.15, 0.2) is 29.4 Å². The minimum absolute atomic E-state index is 0.0000375. The third-order valence-electron chi connectivity index (χ3n) is 4.42. The summed E-state index contributed by atoms with van der Waals surface area (Å²) in [7, 11) is 2.82. The first-order chi connectivity index (χ1) is 14.4. The van der Waals surface area contributed by atoms with Crippen LogP contribution in [0.5, 0.6) is 5.75 Å². The molecule has 1 atom stereocenters. The second-order valence-corrected chi connectivity index (χ2v) is 6.75. The number of methoxy groups -OCH3 is 2. The molecule has 0 saturated carbocycles. The van der Waals surface area contributed by atoms with E-state index in [4.69, 9.17) is 30.5 Å². The van der Waals surface area contributed by atoms with E-state index in [0.717, 1.165) is 5.56 Å². The number of halogens is 2. The molecule has 30 heavy (non-hydrogen) atoms. The highest BCUT2D eigenvalue weighted by atomic mass is 35.5. The van der Waals surface area contributed by atoms with E-state index in [0.29, 0.717) is 11.0 Å². The summed E-state index contributed by atoms with van der Waals surface area (Å²) in [5.74, 6) is -1.54. The van der Waals surface area contributed by atoms with Crippen LogP contribution in [0.25, 0.3) is 22.4 Å². The summed E-state index contributed by atoms with van der Waals surface area (Å²) in [5.41, 5.74) is 1.18. The molecule has 0 aliphatic heterocycles. The average Bonchev–Trinajstić information content (AvgIpc) is 3.11. The zero-order valence-electron chi connectivity index (χ0n) is 16.9. The number of benzene rings is 1. The van der Waals surface area contributed by atoms with Crippen LogP contribution in [0.4, 0.5) is 4.39 Å². The topological polar surface area (TPSA) is 95.6 Å². The Balaban J connectivity index is 1.97. The highest BCUT2D eigenvalue weighted by molar-refractivity contribution is 6.32. The largest absolute Gasteiger partial charge is 0.492 e. The Hall–Kier alpha value is -2.75. The van der Waals surface area contributed by atoms with E-state index in [1.54, 1.807) is 20.0 Å². The molecule has 0 amide bonds. The van der Waals surface area contributed by atoms with Crippen LogP contribution in [0.2, 0.25) is 5.02 Å². The molecule has 1 aromatic carbocycles. The number of rotatable bonds is 8. The lowest BCUT2D eigenvalue weighted by Gasteiger charge is -2.12. The summed E-state index contributed by atoms with van der Waals surface area (Å²) in [6, 6.07) is 2.89. The van der Waals surface area contributed by atoms with Gasteiger partial charge in [0.2, 0.25) is 0 Å². The van der Waals surface area contributed by atoms with Gasteiger partial charge in [0.25, 0.3) is 0 Å². The molecule has 160 valence electrons. The lowest BCUT2D eigenvalue weighted by molar-refractivity contribution is -0.118. The molecule has 0 saturated heterocycles. The van der Waals surface area contributed by atoms with Crippen LogP contribution in [0.1, 0.15) is 23.0 Å². The molecule has 3 aromatic rings. The number of carbonyl (C=O) groups is 1. The number of aromatic nitrogens is 3. The number of ether oxygens (including phenoxy) is 4. The number of hydrogen-bond donors (Lipinski definition) is 1. The van der Waals surface area contributed by atoms with Gasteiger partial charge in [-0.3, -0.25) is 0 Å². The van der Waals surface area contributed by atoms with Gasteiger partial charge in [-0.1, -0.05) is 11.6 Å². The molecular formula is C20H21ClFN3O5. The smallest absolute Gasteiger partial charge is 0.357 e. The molecule has 0 radical (unpaired) electrons. The molecule has 1 N–H and O–H groups in total. The Morgan fingerprint density at radius 3 is 2.73 bits per heavy atom. The molecule has 0 spiro atoms. The normalized spacial score (nSPS) is 12.2. The molecule has 1 unspecified atom stereocenters. The second kappa shape index (κ2) is 9.38. The van der Waals surface area contributed by atoms with Crippen molar-refractivity contribution in [2.45, 2.75) is 20.1 Å². The highest BCUT2D eigenvalue weighted by Crippen LogP contribution is 2.34. The molecular weight excluding hydrogens is 417 g/mol. The fourth-order valence-corrected chi connectivity index (χ4v) is 3.06. The number of nitrogens with one attached hydrogen (secondary N) is 1. The van der Waals surface area contributed by atoms with Crippen LogP contribution in [0.3, 0.4) is 0 Å². The summed E-state index contributed by atoms with van der Waals surface area (Å²) in [4.78, 5) is 24.3. The van der Waals surface area contributed by atoms with Crippen LogP contribution in [0, 0.1) is 12.7 Å². The van der Waals surface area contributed by atoms with E-state index < -0.39 is 18.1 Å². The Kier molecular flexibility index (Phi) is 6.86. The summed E-state index contributed by atoms with van der Waals surface area (Å²) in [6.07, 6.45) is 1.26. The van der Waals surface area contributed by atoms with Gasteiger partial charge in [0.1, 0.15) is 12.3 Å². The first-order valence-corrected chi connectivity index (χ1v) is 9.44. The summed E-state index contributed by atoms with van der Waals surface area (Å²) in [6.45, 7) is 3.67. The van der Waals surface area contributed by atoms with Gasteiger partial charge in [-0.25, -0.2) is 19.2 Å². The van der Waals surface area contributed by atoms with E-state index in [2.05, 4.69) is 15.0 Å². The van der Waals surface area contributed by atoms with E-state index in [1.807, 2.05) is 0 Å². The van der Waals surface area contributed by atoms with Crippen LogP contribution >= 0.6 is 11.6 Å². The Morgan fingerprint density at radius 2 is 2.03 bits per heavy atom. The summed E-state index contributed by atoms with van der Waals surface area (Å²) in [5, 5.41) is 0.608. The number of esters is 1. The number of nitrogens with zero attached hydrogens (tertiary/aromatic N) is 2. The third-order valence-corrected chi connectivity index (χ3v) is 4.71. The van der Waals surface area contributed by atoms with Crippen molar-refractivity contribution in [1.29, 1.82) is 0 Å². The molecule has 10 heteroatoms. The number of aryl methyl sites for hydroxylation is 1. The maximum absolute atomic E-state index is 14.9. The molecule has 2 heterocycles. The fraction of sp³-hybridized carbons (Fsp3) is 0.350.